The lowest BCUT2D eigenvalue weighted by Crippen LogP contribution is -2.36. The molecule has 1 N–H and O–H groups in total. The van der Waals surface area contributed by atoms with E-state index in [1.165, 1.54) is 16.8 Å². The fourth-order valence-electron chi connectivity index (χ4n) is 3.82. The highest BCUT2D eigenvalue weighted by Crippen LogP contribution is 2.35. The van der Waals surface area contributed by atoms with Crippen molar-refractivity contribution in [2.24, 2.45) is 5.10 Å². The average Bonchev–Trinajstić information content (AvgIpc) is 3.17. The Labute approximate surface area is 192 Å². The first-order chi connectivity index (χ1) is 15.1. The average molecular weight is 456 g/mol. The van der Waals surface area contributed by atoms with Crippen molar-refractivity contribution in [1.82, 2.24) is 10.3 Å². The minimum absolute atomic E-state index is 0.294. The molecule has 0 unspecified atom stereocenters. The number of nitrogens with zero attached hydrogens (tertiary/aromatic N) is 2. The molecule has 1 aliphatic carbocycles. The first kappa shape index (κ1) is 21.6. The molecule has 1 amide bonds. The summed E-state index contributed by atoms with van der Waals surface area (Å²) in [4.78, 5) is 14.8. The van der Waals surface area contributed by atoms with Gasteiger partial charge >= 0.3 is 0 Å². The SMILES string of the molecule is O=C(NN=CC1=C(N2CCOCC2)C(=Cc2ccccc2)CC1)c1ccc(Cl)cc1Cl. The second-order valence-corrected chi connectivity index (χ2v) is 8.22. The topological polar surface area (TPSA) is 53.9 Å². The second kappa shape index (κ2) is 10.1. The molecule has 2 aliphatic rings. The Balaban J connectivity index is 1.56. The van der Waals surface area contributed by atoms with Crippen LogP contribution in [0, 0.1) is 0 Å². The number of hydrogen-bond acceptors (Lipinski definition) is 4. The molecule has 0 bridgehead atoms. The van der Waals surface area contributed by atoms with Crippen LogP contribution in [0.1, 0.15) is 28.8 Å². The standard InChI is InChI=1S/C24H23Cl2N3O2/c25-20-8-9-21(22(26)15-20)24(30)28-27-16-19-7-6-18(14-17-4-2-1-3-5-17)23(19)29-10-12-31-13-11-29/h1-5,8-9,14-16H,6-7,10-13H2,(H,28,30). The number of hydrogen-bond donors (Lipinski definition) is 1. The molecule has 0 saturated carbocycles. The van der Waals surface area contributed by atoms with Gasteiger partial charge in [0.2, 0.25) is 0 Å². The predicted molar refractivity (Wildman–Crippen MR) is 125 cm³/mol. The molecule has 0 radical (unpaired) electrons. The van der Waals surface area contributed by atoms with E-state index < -0.39 is 0 Å². The van der Waals surface area contributed by atoms with E-state index in [4.69, 9.17) is 27.9 Å². The van der Waals surface area contributed by atoms with Crippen molar-refractivity contribution in [2.75, 3.05) is 26.3 Å². The summed E-state index contributed by atoms with van der Waals surface area (Å²) >= 11 is 12.0. The molecule has 160 valence electrons. The Morgan fingerprint density at radius 2 is 1.84 bits per heavy atom. The van der Waals surface area contributed by atoms with Crippen molar-refractivity contribution >= 4 is 41.4 Å². The summed E-state index contributed by atoms with van der Waals surface area (Å²) < 4.78 is 5.53. The van der Waals surface area contributed by atoms with Gasteiger partial charge in [-0.05, 0) is 53.8 Å². The highest BCUT2D eigenvalue weighted by atomic mass is 35.5. The molecule has 31 heavy (non-hydrogen) atoms. The van der Waals surface area contributed by atoms with Crippen molar-refractivity contribution in [3.63, 3.8) is 0 Å². The molecule has 2 aromatic rings. The van der Waals surface area contributed by atoms with Gasteiger partial charge in [-0.25, -0.2) is 5.43 Å². The molecule has 1 saturated heterocycles. The van der Waals surface area contributed by atoms with Crippen molar-refractivity contribution in [1.29, 1.82) is 0 Å². The number of morpholine rings is 1. The zero-order chi connectivity index (χ0) is 21.6. The minimum atomic E-state index is -0.371. The van der Waals surface area contributed by atoms with E-state index in [-0.39, 0.29) is 5.91 Å². The molecule has 5 nitrogen and oxygen atoms in total. The molecule has 4 rings (SSSR count). The van der Waals surface area contributed by atoms with Crippen LogP contribution >= 0.6 is 23.2 Å². The Bertz CT molecular complexity index is 1040. The number of ether oxygens (including phenoxy) is 1. The quantitative estimate of drug-likeness (QED) is 0.499. The fraction of sp³-hybridized carbons (Fsp3) is 0.250. The molecule has 0 atom stereocenters. The number of halogens is 2. The van der Waals surface area contributed by atoms with Crippen molar-refractivity contribution in [3.05, 3.63) is 86.5 Å². The van der Waals surface area contributed by atoms with Crippen LogP contribution in [0.15, 0.2) is 70.5 Å². The Morgan fingerprint density at radius 3 is 2.58 bits per heavy atom. The van der Waals surface area contributed by atoms with Crippen LogP contribution in [0.25, 0.3) is 6.08 Å². The third-order valence-corrected chi connectivity index (χ3v) is 5.85. The molecular weight excluding hydrogens is 433 g/mol. The van der Waals surface area contributed by atoms with Gasteiger partial charge in [-0.3, -0.25) is 4.79 Å². The monoisotopic (exact) mass is 455 g/mol. The fourth-order valence-corrected chi connectivity index (χ4v) is 4.32. The Morgan fingerprint density at radius 1 is 1.06 bits per heavy atom. The summed E-state index contributed by atoms with van der Waals surface area (Å²) in [6, 6.07) is 15.1. The zero-order valence-corrected chi connectivity index (χ0v) is 18.5. The van der Waals surface area contributed by atoms with Crippen molar-refractivity contribution in [2.45, 2.75) is 12.8 Å². The van der Waals surface area contributed by atoms with Gasteiger partial charge in [0.25, 0.3) is 5.91 Å². The molecule has 1 fully saturated rings. The summed E-state index contributed by atoms with van der Waals surface area (Å²) in [6.07, 6.45) is 5.78. The first-order valence-electron chi connectivity index (χ1n) is 10.2. The predicted octanol–water partition coefficient (Wildman–Crippen LogP) is 5.17. The van der Waals surface area contributed by atoms with Gasteiger partial charge in [-0.15, -0.1) is 0 Å². The molecule has 2 aromatic carbocycles. The van der Waals surface area contributed by atoms with E-state index in [0.29, 0.717) is 28.8 Å². The third kappa shape index (κ3) is 5.37. The maximum absolute atomic E-state index is 12.4. The number of amides is 1. The molecular formula is C24H23Cl2N3O2. The summed E-state index contributed by atoms with van der Waals surface area (Å²) in [5, 5.41) is 5.00. The first-order valence-corrected chi connectivity index (χ1v) is 11.0. The van der Waals surface area contributed by atoms with E-state index in [0.717, 1.165) is 31.5 Å². The van der Waals surface area contributed by atoms with E-state index in [2.05, 4.69) is 33.6 Å². The Kier molecular flexibility index (Phi) is 7.07. The number of allylic oxidation sites excluding steroid dienone is 2. The van der Waals surface area contributed by atoms with Gasteiger partial charge in [-0.2, -0.15) is 5.10 Å². The van der Waals surface area contributed by atoms with Gasteiger partial charge in [0.05, 0.1) is 30.0 Å². The second-order valence-electron chi connectivity index (χ2n) is 7.38. The smallest absolute Gasteiger partial charge is 0.272 e. The van der Waals surface area contributed by atoms with E-state index in [1.54, 1.807) is 24.4 Å². The lowest BCUT2D eigenvalue weighted by Gasteiger charge is -2.31. The zero-order valence-electron chi connectivity index (χ0n) is 17.0. The normalized spacial score (nSPS) is 18.3. The minimum Gasteiger partial charge on any atom is -0.378 e. The molecule has 7 heteroatoms. The van der Waals surface area contributed by atoms with Crippen LogP contribution in [-0.4, -0.2) is 43.3 Å². The van der Waals surface area contributed by atoms with Crippen LogP contribution in [-0.2, 0) is 4.74 Å². The van der Waals surface area contributed by atoms with Crippen LogP contribution in [0.3, 0.4) is 0 Å². The van der Waals surface area contributed by atoms with Gasteiger partial charge in [0.15, 0.2) is 0 Å². The van der Waals surface area contributed by atoms with Gasteiger partial charge in [0.1, 0.15) is 0 Å². The lowest BCUT2D eigenvalue weighted by molar-refractivity contribution is 0.0548. The van der Waals surface area contributed by atoms with E-state index in [9.17, 15) is 4.79 Å². The summed E-state index contributed by atoms with van der Waals surface area (Å²) in [5.41, 5.74) is 7.66. The van der Waals surface area contributed by atoms with Gasteiger partial charge in [-0.1, -0.05) is 53.5 Å². The number of nitrogens with one attached hydrogen (secondary N) is 1. The third-order valence-electron chi connectivity index (χ3n) is 5.30. The van der Waals surface area contributed by atoms with Crippen LogP contribution < -0.4 is 5.43 Å². The lowest BCUT2D eigenvalue weighted by atomic mass is 10.1. The molecule has 1 heterocycles. The largest absolute Gasteiger partial charge is 0.378 e. The number of benzene rings is 2. The highest BCUT2D eigenvalue weighted by Gasteiger charge is 2.25. The van der Waals surface area contributed by atoms with Crippen LogP contribution in [0.5, 0.6) is 0 Å². The maximum Gasteiger partial charge on any atom is 0.272 e. The van der Waals surface area contributed by atoms with Gasteiger partial charge in [0, 0.05) is 23.8 Å². The van der Waals surface area contributed by atoms with Crippen LogP contribution in [0.2, 0.25) is 10.0 Å². The number of carbonyl (C=O) groups excluding carboxylic acids is 1. The van der Waals surface area contributed by atoms with E-state index in [1.807, 2.05) is 18.2 Å². The van der Waals surface area contributed by atoms with Crippen molar-refractivity contribution < 1.29 is 9.53 Å². The summed E-state index contributed by atoms with van der Waals surface area (Å²) in [6.45, 7) is 3.09. The number of rotatable bonds is 5. The molecule has 0 aromatic heterocycles. The van der Waals surface area contributed by atoms with E-state index >= 15 is 0 Å². The Hall–Kier alpha value is -2.60. The van der Waals surface area contributed by atoms with Crippen LogP contribution in [0.4, 0.5) is 0 Å². The van der Waals surface area contributed by atoms with Gasteiger partial charge < -0.3 is 9.64 Å². The molecule has 0 spiro atoms. The highest BCUT2D eigenvalue weighted by molar-refractivity contribution is 6.36. The number of carbonyl (C=O) groups is 1. The summed E-state index contributed by atoms with van der Waals surface area (Å²) in [5.74, 6) is -0.371. The molecule has 1 aliphatic heterocycles. The number of hydrazone groups is 1. The van der Waals surface area contributed by atoms with Crippen molar-refractivity contribution in [3.8, 4) is 0 Å². The maximum atomic E-state index is 12.4. The summed E-state index contributed by atoms with van der Waals surface area (Å²) in [7, 11) is 0.